The lowest BCUT2D eigenvalue weighted by atomic mass is 9.84. The second kappa shape index (κ2) is 13.2. The minimum atomic E-state index is 0.897. The van der Waals surface area contributed by atoms with Crippen molar-refractivity contribution in [2.75, 3.05) is 0 Å². The highest BCUT2D eigenvalue weighted by molar-refractivity contribution is 6.22. The van der Waals surface area contributed by atoms with Crippen LogP contribution >= 0.6 is 0 Å². The molecule has 4 nitrogen and oxygen atoms in total. The molecule has 9 rings (SSSR count). The van der Waals surface area contributed by atoms with Gasteiger partial charge in [0.25, 0.3) is 0 Å². The SMILES string of the molecule is Cc1ccc(-c2ccc(-c3c4ccccc4c(-c4ccc(-c5ccc(C)nc5)nc4)c4cc(-c5ccccc5-c5ccccc5)ccc34)cn2)cn1. The Kier molecular flexibility index (Phi) is 7.90. The zero-order valence-corrected chi connectivity index (χ0v) is 29.0. The van der Waals surface area contributed by atoms with Crippen molar-refractivity contribution in [1.29, 1.82) is 0 Å². The first kappa shape index (κ1) is 31.2. The fraction of sp³-hybridized carbons (Fsp3) is 0.0417. The molecule has 4 heterocycles. The Morgan fingerprint density at radius 3 is 1.27 bits per heavy atom. The fourth-order valence-electron chi connectivity index (χ4n) is 7.24. The van der Waals surface area contributed by atoms with E-state index in [1.54, 1.807) is 0 Å². The van der Waals surface area contributed by atoms with Gasteiger partial charge in [-0.05, 0) is 111 Å². The summed E-state index contributed by atoms with van der Waals surface area (Å²) in [7, 11) is 0. The van der Waals surface area contributed by atoms with E-state index in [0.717, 1.165) is 77.9 Å². The van der Waals surface area contributed by atoms with Crippen molar-refractivity contribution in [2.45, 2.75) is 13.8 Å². The molecule has 0 saturated heterocycles. The van der Waals surface area contributed by atoms with Crippen LogP contribution in [0.3, 0.4) is 0 Å². The van der Waals surface area contributed by atoms with Crippen molar-refractivity contribution in [1.82, 2.24) is 19.9 Å². The molecule has 0 unspecified atom stereocenters. The predicted octanol–water partition coefficient (Wildman–Crippen LogP) is 12.2. The number of hydrogen-bond acceptors (Lipinski definition) is 4. The fourth-order valence-corrected chi connectivity index (χ4v) is 7.24. The van der Waals surface area contributed by atoms with Crippen molar-refractivity contribution < 1.29 is 0 Å². The highest BCUT2D eigenvalue weighted by Gasteiger charge is 2.19. The molecule has 0 aliphatic rings. The highest BCUT2D eigenvalue weighted by Crippen LogP contribution is 2.45. The van der Waals surface area contributed by atoms with Gasteiger partial charge in [-0.3, -0.25) is 19.9 Å². The number of aromatic nitrogens is 4. The molecule has 0 N–H and O–H groups in total. The van der Waals surface area contributed by atoms with Crippen molar-refractivity contribution in [3.05, 3.63) is 182 Å². The molecule has 5 aromatic carbocycles. The molecule has 0 amide bonds. The Hall–Kier alpha value is -6.78. The predicted molar refractivity (Wildman–Crippen MR) is 215 cm³/mol. The number of fused-ring (bicyclic) bond motifs is 2. The molecule has 4 aromatic heterocycles. The Morgan fingerprint density at radius 2 is 0.750 bits per heavy atom. The van der Waals surface area contributed by atoms with Gasteiger partial charge >= 0.3 is 0 Å². The topological polar surface area (TPSA) is 51.6 Å². The lowest BCUT2D eigenvalue weighted by Crippen LogP contribution is -1.94. The van der Waals surface area contributed by atoms with Gasteiger partial charge in [-0.15, -0.1) is 0 Å². The zero-order valence-electron chi connectivity index (χ0n) is 29.0. The molecule has 0 aliphatic carbocycles. The molecular weight excluding hydrogens is 633 g/mol. The minimum Gasteiger partial charge on any atom is -0.261 e. The summed E-state index contributed by atoms with van der Waals surface area (Å²) in [6.45, 7) is 4.00. The first-order valence-electron chi connectivity index (χ1n) is 17.5. The van der Waals surface area contributed by atoms with Gasteiger partial charge in [0, 0.05) is 58.4 Å². The number of benzene rings is 5. The summed E-state index contributed by atoms with van der Waals surface area (Å²) in [4.78, 5) is 18.9. The molecule has 9 aromatic rings. The van der Waals surface area contributed by atoms with Crippen LogP contribution in [0.25, 0.3) is 88.6 Å². The number of nitrogens with zero attached hydrogens (tertiary/aromatic N) is 4. The molecule has 4 heteroatoms. The molecule has 0 bridgehead atoms. The summed E-state index contributed by atoms with van der Waals surface area (Å²) in [6, 6.07) is 51.7. The summed E-state index contributed by atoms with van der Waals surface area (Å²) in [6.07, 6.45) is 7.79. The van der Waals surface area contributed by atoms with Gasteiger partial charge in [0.2, 0.25) is 0 Å². The monoisotopic (exact) mass is 666 g/mol. The number of aryl methyl sites for hydroxylation is 2. The van der Waals surface area contributed by atoms with Gasteiger partial charge in [-0.2, -0.15) is 0 Å². The van der Waals surface area contributed by atoms with Crippen LogP contribution in [0.2, 0.25) is 0 Å². The van der Waals surface area contributed by atoms with Crippen molar-refractivity contribution in [2.24, 2.45) is 0 Å². The van der Waals surface area contributed by atoms with Gasteiger partial charge in [0.1, 0.15) is 0 Å². The molecule has 0 aliphatic heterocycles. The van der Waals surface area contributed by atoms with Crippen LogP contribution in [-0.2, 0) is 0 Å². The second-order valence-corrected chi connectivity index (χ2v) is 13.2. The van der Waals surface area contributed by atoms with Crippen LogP contribution in [0.15, 0.2) is 170 Å². The van der Waals surface area contributed by atoms with E-state index in [1.807, 2.05) is 50.8 Å². The van der Waals surface area contributed by atoms with Crippen molar-refractivity contribution in [3.8, 4) is 67.0 Å². The van der Waals surface area contributed by atoms with E-state index >= 15 is 0 Å². The van der Waals surface area contributed by atoms with E-state index in [9.17, 15) is 0 Å². The summed E-state index contributed by atoms with van der Waals surface area (Å²) < 4.78 is 0. The van der Waals surface area contributed by atoms with Crippen LogP contribution < -0.4 is 0 Å². The third kappa shape index (κ3) is 5.70. The summed E-state index contributed by atoms with van der Waals surface area (Å²) in [5.41, 5.74) is 15.0. The average molecular weight is 667 g/mol. The van der Waals surface area contributed by atoms with Crippen LogP contribution in [0.1, 0.15) is 11.4 Å². The second-order valence-electron chi connectivity index (χ2n) is 13.2. The molecule has 0 radical (unpaired) electrons. The van der Waals surface area contributed by atoms with Crippen molar-refractivity contribution >= 4 is 21.5 Å². The standard InChI is InChI=1S/C48H34N4/c1-31-16-18-35(27-49-31)45-24-21-37(29-51-45)47-41-14-8-9-15-42(41)48(38-22-25-46(52-30-38)36-19-17-32(2)50-28-36)44-26-34(20-23-43(44)47)40-13-7-6-12-39(40)33-10-4-3-5-11-33/h3-30H,1-2H3. The average Bonchev–Trinajstić information content (AvgIpc) is 3.21. The van der Waals surface area contributed by atoms with E-state index in [-0.39, 0.29) is 0 Å². The smallest absolute Gasteiger partial charge is 0.0717 e. The molecule has 0 fully saturated rings. The van der Waals surface area contributed by atoms with Gasteiger partial charge < -0.3 is 0 Å². The number of pyridine rings is 4. The van der Waals surface area contributed by atoms with Crippen LogP contribution in [-0.4, -0.2) is 19.9 Å². The zero-order chi connectivity index (χ0) is 35.0. The lowest BCUT2D eigenvalue weighted by molar-refractivity contribution is 1.19. The van der Waals surface area contributed by atoms with E-state index in [1.165, 1.54) is 22.1 Å². The Labute approximate surface area is 303 Å². The van der Waals surface area contributed by atoms with Gasteiger partial charge in [0.05, 0.1) is 11.4 Å². The number of rotatable bonds is 6. The molecule has 0 atom stereocenters. The van der Waals surface area contributed by atoms with E-state index in [4.69, 9.17) is 9.97 Å². The maximum Gasteiger partial charge on any atom is 0.0717 e. The summed E-state index contributed by atoms with van der Waals surface area (Å²) in [5, 5.41) is 4.65. The van der Waals surface area contributed by atoms with E-state index in [0.29, 0.717) is 0 Å². The third-order valence-electron chi connectivity index (χ3n) is 9.87. The van der Waals surface area contributed by atoms with Gasteiger partial charge in [-0.25, -0.2) is 0 Å². The summed E-state index contributed by atoms with van der Waals surface area (Å²) in [5.74, 6) is 0. The largest absolute Gasteiger partial charge is 0.261 e. The van der Waals surface area contributed by atoms with E-state index < -0.39 is 0 Å². The normalized spacial score (nSPS) is 11.3. The van der Waals surface area contributed by atoms with E-state index in [2.05, 4.69) is 143 Å². The molecule has 246 valence electrons. The molecular formula is C48H34N4. The van der Waals surface area contributed by atoms with Gasteiger partial charge in [0.15, 0.2) is 0 Å². The summed E-state index contributed by atoms with van der Waals surface area (Å²) >= 11 is 0. The first-order chi connectivity index (χ1) is 25.6. The molecule has 0 spiro atoms. The van der Waals surface area contributed by atoms with Gasteiger partial charge in [-0.1, -0.05) is 103 Å². The number of hydrogen-bond donors (Lipinski definition) is 0. The minimum absolute atomic E-state index is 0.897. The molecule has 0 saturated carbocycles. The Balaban J connectivity index is 1.28. The quantitative estimate of drug-likeness (QED) is 0.166. The Bertz CT molecular complexity index is 2700. The third-order valence-corrected chi connectivity index (χ3v) is 9.87. The van der Waals surface area contributed by atoms with Crippen LogP contribution in [0, 0.1) is 13.8 Å². The molecule has 52 heavy (non-hydrogen) atoms. The maximum atomic E-state index is 4.97. The van der Waals surface area contributed by atoms with Crippen molar-refractivity contribution in [3.63, 3.8) is 0 Å². The maximum absolute atomic E-state index is 4.97. The van der Waals surface area contributed by atoms with Crippen LogP contribution in [0.4, 0.5) is 0 Å². The first-order valence-corrected chi connectivity index (χ1v) is 17.5. The van der Waals surface area contributed by atoms with Crippen LogP contribution in [0.5, 0.6) is 0 Å². The Morgan fingerprint density at radius 1 is 0.308 bits per heavy atom. The lowest BCUT2D eigenvalue weighted by Gasteiger charge is -2.19. The highest BCUT2D eigenvalue weighted by atomic mass is 14.7.